The van der Waals surface area contributed by atoms with E-state index in [1.54, 1.807) is 23.2 Å². The molecule has 1 aromatic rings. The van der Waals surface area contributed by atoms with Crippen molar-refractivity contribution in [1.82, 2.24) is 9.80 Å². The van der Waals surface area contributed by atoms with Crippen molar-refractivity contribution in [3.63, 3.8) is 0 Å². The lowest BCUT2D eigenvalue weighted by Crippen LogP contribution is -2.42. The van der Waals surface area contributed by atoms with Crippen molar-refractivity contribution in [2.24, 2.45) is 0 Å². The van der Waals surface area contributed by atoms with Gasteiger partial charge in [0, 0.05) is 24.9 Å². The average molecular weight is 391 g/mol. The quantitative estimate of drug-likeness (QED) is 0.786. The number of carboxylic acids is 1. The van der Waals surface area contributed by atoms with E-state index in [0.717, 1.165) is 12.8 Å². The van der Waals surface area contributed by atoms with Crippen LogP contribution in [0.1, 0.15) is 48.8 Å². The predicted molar refractivity (Wildman–Crippen MR) is 100 cm³/mol. The Labute approximate surface area is 160 Å². The summed E-state index contributed by atoms with van der Waals surface area (Å²) in [6, 6.07) is 6.33. The summed E-state index contributed by atoms with van der Waals surface area (Å²) in [6.07, 6.45) is 4.19. The first-order valence-electron chi connectivity index (χ1n) is 7.81. The second-order valence-corrected chi connectivity index (χ2v) is 5.38. The van der Waals surface area contributed by atoms with Crippen LogP contribution in [0.4, 0.5) is 4.79 Å². The maximum Gasteiger partial charge on any atom is 0.335 e. The number of carbonyl (C=O) groups excluding carboxylic acids is 1. The van der Waals surface area contributed by atoms with Crippen LogP contribution in [-0.4, -0.2) is 40.0 Å². The Hall–Kier alpha value is -1.92. The van der Waals surface area contributed by atoms with Gasteiger partial charge in [-0.25, -0.2) is 9.59 Å². The van der Waals surface area contributed by atoms with E-state index in [4.69, 9.17) is 9.84 Å². The number of ether oxygens (including phenoxy) is 1. The number of hydrogen-bond donors (Lipinski definition) is 1. The van der Waals surface area contributed by atoms with Crippen LogP contribution >= 0.6 is 24.8 Å². The zero-order chi connectivity index (χ0) is 16.8. The minimum absolute atomic E-state index is 0. The molecule has 0 aliphatic carbocycles. The number of urea groups is 1. The first-order valence-corrected chi connectivity index (χ1v) is 7.81. The van der Waals surface area contributed by atoms with E-state index in [2.05, 4.69) is 0 Å². The highest BCUT2D eigenvalue weighted by Crippen LogP contribution is 2.29. The molecule has 0 aromatic heterocycles. The summed E-state index contributed by atoms with van der Waals surface area (Å²) >= 11 is 0. The van der Waals surface area contributed by atoms with Crippen LogP contribution in [0.2, 0.25) is 0 Å². The molecular formula is C17H24Cl2N2O4. The van der Waals surface area contributed by atoms with Gasteiger partial charge in [-0.1, -0.05) is 26.0 Å². The molecular weight excluding hydrogens is 367 g/mol. The van der Waals surface area contributed by atoms with Crippen molar-refractivity contribution in [3.05, 3.63) is 47.9 Å². The zero-order valence-corrected chi connectivity index (χ0v) is 15.9. The summed E-state index contributed by atoms with van der Waals surface area (Å²) in [5.74, 6) is -1.01. The third kappa shape index (κ3) is 5.54. The molecule has 1 aliphatic heterocycles. The van der Waals surface area contributed by atoms with Crippen molar-refractivity contribution >= 4 is 36.8 Å². The number of halogens is 2. The van der Waals surface area contributed by atoms with Crippen molar-refractivity contribution in [1.29, 1.82) is 0 Å². The van der Waals surface area contributed by atoms with Crippen LogP contribution in [0.25, 0.3) is 0 Å². The van der Waals surface area contributed by atoms with Crippen LogP contribution in [-0.2, 0) is 4.74 Å². The van der Waals surface area contributed by atoms with E-state index in [1.165, 1.54) is 23.3 Å². The highest BCUT2D eigenvalue weighted by Gasteiger charge is 2.31. The number of amides is 2. The molecule has 1 atom stereocenters. The molecule has 2 amide bonds. The molecule has 0 saturated heterocycles. The number of carboxylic acid groups (broad SMARTS) is 1. The van der Waals surface area contributed by atoms with Crippen molar-refractivity contribution in [2.45, 2.75) is 32.9 Å². The van der Waals surface area contributed by atoms with Gasteiger partial charge in [-0.2, -0.15) is 0 Å². The molecule has 0 fully saturated rings. The second-order valence-electron chi connectivity index (χ2n) is 5.38. The molecule has 1 aromatic carbocycles. The fourth-order valence-corrected chi connectivity index (χ4v) is 2.55. The monoisotopic (exact) mass is 390 g/mol. The minimum atomic E-state index is -1.01. The predicted octanol–water partition coefficient (Wildman–Crippen LogP) is 4.27. The van der Waals surface area contributed by atoms with Crippen LogP contribution < -0.4 is 0 Å². The van der Waals surface area contributed by atoms with Crippen LogP contribution in [0, 0.1) is 0 Å². The molecule has 0 spiro atoms. The summed E-state index contributed by atoms with van der Waals surface area (Å²) in [4.78, 5) is 27.1. The van der Waals surface area contributed by atoms with Gasteiger partial charge in [-0.3, -0.25) is 4.90 Å². The molecule has 0 radical (unpaired) electrons. The second kappa shape index (κ2) is 10.8. The highest BCUT2D eigenvalue weighted by molar-refractivity contribution is 5.87. The van der Waals surface area contributed by atoms with Gasteiger partial charge in [0.25, 0.3) is 0 Å². The molecule has 0 bridgehead atoms. The van der Waals surface area contributed by atoms with Gasteiger partial charge in [-0.15, -0.1) is 24.8 Å². The standard InChI is InChI=1S/C17H22N2O4.2ClH/c1-3-8-18(9-4-2)17(22)19-10-11-23-15(19)13-6-5-7-14(12-13)16(20)21;;/h5-7,10-12,15H,3-4,8-9H2,1-2H3,(H,20,21);2*1H. The highest BCUT2D eigenvalue weighted by atomic mass is 35.5. The van der Waals surface area contributed by atoms with E-state index in [0.29, 0.717) is 18.7 Å². The number of carbonyl (C=O) groups is 2. The van der Waals surface area contributed by atoms with Gasteiger partial charge in [0.15, 0.2) is 0 Å². The van der Waals surface area contributed by atoms with Gasteiger partial charge in [0.1, 0.15) is 6.26 Å². The lowest BCUT2D eigenvalue weighted by atomic mass is 10.1. The Kier molecular flexibility index (Phi) is 10.0. The van der Waals surface area contributed by atoms with Crippen molar-refractivity contribution in [2.75, 3.05) is 13.1 Å². The van der Waals surface area contributed by atoms with E-state index >= 15 is 0 Å². The molecule has 0 saturated carbocycles. The van der Waals surface area contributed by atoms with E-state index in [1.807, 2.05) is 13.8 Å². The Morgan fingerprint density at radius 1 is 1.20 bits per heavy atom. The molecule has 6 nitrogen and oxygen atoms in total. The van der Waals surface area contributed by atoms with Crippen molar-refractivity contribution in [3.8, 4) is 0 Å². The van der Waals surface area contributed by atoms with Crippen LogP contribution in [0.15, 0.2) is 36.7 Å². The maximum absolute atomic E-state index is 12.7. The smallest absolute Gasteiger partial charge is 0.335 e. The summed E-state index contributed by atoms with van der Waals surface area (Å²) in [5, 5.41) is 9.11. The fourth-order valence-electron chi connectivity index (χ4n) is 2.55. The van der Waals surface area contributed by atoms with Crippen LogP contribution in [0.5, 0.6) is 0 Å². The van der Waals surface area contributed by atoms with Crippen molar-refractivity contribution < 1.29 is 19.4 Å². The number of aromatic carboxylic acids is 1. The first-order chi connectivity index (χ1) is 11.1. The topological polar surface area (TPSA) is 70.1 Å². The van der Waals surface area contributed by atoms with Gasteiger partial charge in [-0.05, 0) is 25.0 Å². The Morgan fingerprint density at radius 3 is 2.40 bits per heavy atom. The maximum atomic E-state index is 12.7. The van der Waals surface area contributed by atoms with Gasteiger partial charge >= 0.3 is 12.0 Å². The van der Waals surface area contributed by atoms with Gasteiger partial charge in [0.2, 0.25) is 6.23 Å². The summed E-state index contributed by atoms with van der Waals surface area (Å²) in [7, 11) is 0. The van der Waals surface area contributed by atoms with Gasteiger partial charge in [0.05, 0.1) is 5.56 Å². The molecule has 25 heavy (non-hydrogen) atoms. The lowest BCUT2D eigenvalue weighted by molar-refractivity contribution is 0.0602. The summed E-state index contributed by atoms with van der Waals surface area (Å²) < 4.78 is 5.52. The molecule has 8 heteroatoms. The van der Waals surface area contributed by atoms with E-state index in [-0.39, 0.29) is 36.4 Å². The zero-order valence-electron chi connectivity index (χ0n) is 14.3. The molecule has 140 valence electrons. The lowest BCUT2D eigenvalue weighted by Gasteiger charge is -2.30. The van der Waals surface area contributed by atoms with Gasteiger partial charge < -0.3 is 14.7 Å². The molecule has 2 rings (SSSR count). The molecule has 1 N–H and O–H groups in total. The first kappa shape index (κ1) is 23.1. The molecule has 1 heterocycles. The SMILES string of the molecule is CCCN(CCC)C(=O)N1C=COC1c1cccc(C(=O)O)c1.Cl.Cl. The number of rotatable bonds is 6. The number of nitrogens with zero attached hydrogens (tertiary/aromatic N) is 2. The van der Waals surface area contributed by atoms with E-state index in [9.17, 15) is 9.59 Å². The minimum Gasteiger partial charge on any atom is -0.478 e. The normalized spacial score (nSPS) is 15.0. The molecule has 1 aliphatic rings. The number of hydrogen-bond acceptors (Lipinski definition) is 3. The average Bonchev–Trinajstić information content (AvgIpc) is 3.03. The fraction of sp³-hybridized carbons (Fsp3) is 0.412. The Bertz CT molecular complexity index is 604. The van der Waals surface area contributed by atoms with Crippen LogP contribution in [0.3, 0.4) is 0 Å². The largest absolute Gasteiger partial charge is 0.478 e. The third-order valence-electron chi connectivity index (χ3n) is 3.58. The Morgan fingerprint density at radius 2 is 1.84 bits per heavy atom. The third-order valence-corrected chi connectivity index (χ3v) is 3.58. The Balaban J connectivity index is 0.00000288. The summed E-state index contributed by atoms with van der Waals surface area (Å²) in [6.45, 7) is 5.41. The summed E-state index contributed by atoms with van der Waals surface area (Å²) in [5.41, 5.74) is 0.806. The molecule has 1 unspecified atom stereocenters. The van der Waals surface area contributed by atoms with E-state index < -0.39 is 12.2 Å². The number of benzene rings is 1.